The number of pyridine rings is 1. The van der Waals surface area contributed by atoms with Gasteiger partial charge in [0.05, 0.1) is 24.8 Å². The Morgan fingerprint density at radius 2 is 1.81 bits per heavy atom. The van der Waals surface area contributed by atoms with Gasteiger partial charge in [-0.15, -0.1) is 0 Å². The number of benzene rings is 2. The van der Waals surface area contributed by atoms with Gasteiger partial charge in [0.25, 0.3) is 0 Å². The molecule has 0 unspecified atom stereocenters. The number of aromatic amines is 1. The molecule has 5 rings (SSSR count). The van der Waals surface area contributed by atoms with Crippen LogP contribution in [-0.2, 0) is 4.79 Å². The van der Waals surface area contributed by atoms with Gasteiger partial charge in [0.2, 0.25) is 0 Å². The molecule has 2 N–H and O–H groups in total. The molecule has 3 heterocycles. The summed E-state index contributed by atoms with van der Waals surface area (Å²) in [6.07, 6.45) is -3.04. The lowest BCUT2D eigenvalue weighted by atomic mass is 9.98. The van der Waals surface area contributed by atoms with E-state index in [1.807, 2.05) is 19.1 Å². The number of alkyl halides is 3. The first-order valence-corrected chi connectivity index (χ1v) is 11.8. The molecule has 1 aliphatic heterocycles. The molecule has 1 aliphatic rings. The maximum atomic E-state index is 12.6. The normalized spacial score (nSPS) is 14.7. The molecule has 11 heteroatoms. The summed E-state index contributed by atoms with van der Waals surface area (Å²) in [4.78, 5) is 15.9. The average molecular weight is 515 g/mol. The second-order valence-electron chi connectivity index (χ2n) is 8.94. The minimum atomic E-state index is -5.08. The monoisotopic (exact) mass is 514 g/mol. The summed E-state index contributed by atoms with van der Waals surface area (Å²) >= 11 is 0. The van der Waals surface area contributed by atoms with Crippen molar-refractivity contribution in [1.82, 2.24) is 20.5 Å². The van der Waals surface area contributed by atoms with Crippen molar-refractivity contribution < 1.29 is 32.2 Å². The number of halogens is 3. The van der Waals surface area contributed by atoms with Crippen LogP contribution in [0.1, 0.15) is 18.5 Å². The van der Waals surface area contributed by atoms with E-state index in [0.29, 0.717) is 40.9 Å². The Labute approximate surface area is 210 Å². The van der Waals surface area contributed by atoms with Crippen LogP contribution in [0.15, 0.2) is 36.4 Å². The number of esters is 1. The number of hydrogen-bond donors (Lipinski definition) is 2. The van der Waals surface area contributed by atoms with Crippen LogP contribution in [0, 0.1) is 12.8 Å². The van der Waals surface area contributed by atoms with Crippen molar-refractivity contribution in [2.45, 2.75) is 25.9 Å². The lowest BCUT2D eigenvalue weighted by Gasteiger charge is -2.24. The number of aromatic nitrogens is 3. The molecule has 0 radical (unpaired) electrons. The van der Waals surface area contributed by atoms with Crippen LogP contribution in [-0.4, -0.2) is 54.1 Å². The van der Waals surface area contributed by atoms with E-state index in [2.05, 4.69) is 20.3 Å². The second kappa shape index (κ2) is 9.89. The molecule has 0 atom stereocenters. The van der Waals surface area contributed by atoms with Gasteiger partial charge >= 0.3 is 12.1 Å². The van der Waals surface area contributed by atoms with Gasteiger partial charge in [0.15, 0.2) is 17.1 Å². The van der Waals surface area contributed by atoms with E-state index < -0.39 is 12.1 Å². The molecule has 4 aromatic rings. The Kier molecular flexibility index (Phi) is 6.63. The van der Waals surface area contributed by atoms with E-state index >= 15 is 0 Å². The van der Waals surface area contributed by atoms with Crippen LogP contribution in [0.2, 0.25) is 0 Å². The lowest BCUT2D eigenvalue weighted by Crippen LogP contribution is -2.30. The highest BCUT2D eigenvalue weighted by molar-refractivity contribution is 6.14. The molecule has 0 aliphatic carbocycles. The molecule has 0 bridgehead atoms. The van der Waals surface area contributed by atoms with Crippen LogP contribution in [0.25, 0.3) is 33.1 Å². The predicted molar refractivity (Wildman–Crippen MR) is 131 cm³/mol. The highest BCUT2D eigenvalue weighted by Crippen LogP contribution is 2.43. The maximum absolute atomic E-state index is 12.6. The molecular weight excluding hydrogens is 489 g/mol. The van der Waals surface area contributed by atoms with E-state index in [4.69, 9.17) is 14.5 Å². The van der Waals surface area contributed by atoms with Gasteiger partial charge in [-0.2, -0.15) is 18.3 Å². The molecule has 0 amide bonds. The summed E-state index contributed by atoms with van der Waals surface area (Å²) in [6.45, 7) is 4.34. The van der Waals surface area contributed by atoms with Crippen molar-refractivity contribution in [3.05, 3.63) is 42.1 Å². The fraction of sp³-hybridized carbons (Fsp3) is 0.346. The quantitative estimate of drug-likeness (QED) is 0.278. The standard InChI is InChI=1S/C26H25F3N4O4/c1-14-20-21-18(7-8-19(35-2)23(21)36-13-15-9-11-30-12-10-15)22(31-24(20)33-32-14)16-3-5-17(6-4-16)37-25(34)26(27,28)29/h3-8,15,30H,9-13H2,1-2H3,(H,31,32,33). The zero-order valence-electron chi connectivity index (χ0n) is 20.2. The molecular formula is C26H25F3N4O4. The van der Waals surface area contributed by atoms with Gasteiger partial charge in [-0.3, -0.25) is 5.10 Å². The molecule has 1 saturated heterocycles. The number of nitrogens with one attached hydrogen (secondary N) is 2. The van der Waals surface area contributed by atoms with Crippen molar-refractivity contribution in [2.75, 3.05) is 26.8 Å². The number of methoxy groups -OCH3 is 1. The number of hydrogen-bond acceptors (Lipinski definition) is 7. The number of carbonyl (C=O) groups is 1. The Morgan fingerprint density at radius 3 is 2.49 bits per heavy atom. The number of aryl methyl sites for hydroxylation is 1. The van der Waals surface area contributed by atoms with E-state index in [9.17, 15) is 18.0 Å². The topological polar surface area (TPSA) is 98.4 Å². The molecule has 8 nitrogen and oxygen atoms in total. The number of piperidine rings is 1. The average Bonchev–Trinajstić information content (AvgIpc) is 3.27. The Morgan fingerprint density at radius 1 is 1.08 bits per heavy atom. The highest BCUT2D eigenvalue weighted by Gasteiger charge is 2.41. The molecule has 2 aromatic carbocycles. The van der Waals surface area contributed by atoms with Crippen molar-refractivity contribution in [2.24, 2.45) is 5.92 Å². The van der Waals surface area contributed by atoms with Crippen molar-refractivity contribution >= 4 is 27.8 Å². The highest BCUT2D eigenvalue weighted by atomic mass is 19.4. The van der Waals surface area contributed by atoms with Crippen LogP contribution < -0.4 is 19.5 Å². The van der Waals surface area contributed by atoms with Gasteiger partial charge in [-0.05, 0) is 75.2 Å². The van der Waals surface area contributed by atoms with E-state index in [1.165, 1.54) is 12.1 Å². The van der Waals surface area contributed by atoms with Crippen molar-refractivity contribution in [3.8, 4) is 28.5 Å². The number of fused-ring (bicyclic) bond motifs is 3. The van der Waals surface area contributed by atoms with Crippen molar-refractivity contribution in [1.29, 1.82) is 0 Å². The maximum Gasteiger partial charge on any atom is 0.491 e. The number of H-pyrrole nitrogens is 1. The minimum absolute atomic E-state index is 0.222. The van der Waals surface area contributed by atoms with Gasteiger partial charge in [0, 0.05) is 22.0 Å². The third kappa shape index (κ3) is 4.91. The summed E-state index contributed by atoms with van der Waals surface area (Å²) in [6, 6.07) is 9.37. The third-order valence-electron chi connectivity index (χ3n) is 6.48. The van der Waals surface area contributed by atoms with E-state index in [-0.39, 0.29) is 5.75 Å². The summed E-state index contributed by atoms with van der Waals surface area (Å²) < 4.78 is 54.2. The zero-order valence-corrected chi connectivity index (χ0v) is 20.2. The van der Waals surface area contributed by atoms with Gasteiger partial charge < -0.3 is 19.5 Å². The number of carbonyl (C=O) groups excluding carboxylic acids is 1. The van der Waals surface area contributed by atoms with Gasteiger partial charge in [-0.1, -0.05) is 0 Å². The van der Waals surface area contributed by atoms with Crippen LogP contribution in [0.3, 0.4) is 0 Å². The predicted octanol–water partition coefficient (Wildman–Crippen LogP) is 4.94. The smallest absolute Gasteiger partial charge is 0.491 e. The molecule has 37 heavy (non-hydrogen) atoms. The third-order valence-corrected chi connectivity index (χ3v) is 6.48. The fourth-order valence-corrected chi connectivity index (χ4v) is 4.59. The first kappa shape index (κ1) is 24.8. The van der Waals surface area contributed by atoms with Crippen molar-refractivity contribution in [3.63, 3.8) is 0 Å². The fourth-order valence-electron chi connectivity index (χ4n) is 4.59. The lowest BCUT2D eigenvalue weighted by molar-refractivity contribution is -0.189. The van der Waals surface area contributed by atoms with Crippen LogP contribution in [0.5, 0.6) is 17.2 Å². The Hall–Kier alpha value is -3.86. The zero-order chi connectivity index (χ0) is 26.2. The molecule has 2 aromatic heterocycles. The Balaban J connectivity index is 1.60. The van der Waals surface area contributed by atoms with E-state index in [1.54, 1.807) is 19.2 Å². The summed E-state index contributed by atoms with van der Waals surface area (Å²) in [7, 11) is 1.58. The second-order valence-corrected chi connectivity index (χ2v) is 8.94. The first-order valence-electron chi connectivity index (χ1n) is 11.8. The summed E-state index contributed by atoms with van der Waals surface area (Å²) in [5.41, 5.74) is 2.44. The number of nitrogens with zero attached hydrogens (tertiary/aromatic N) is 2. The number of rotatable bonds is 6. The molecule has 194 valence electrons. The largest absolute Gasteiger partial charge is 0.493 e. The number of ether oxygens (including phenoxy) is 3. The Bertz CT molecular complexity index is 1440. The van der Waals surface area contributed by atoms with E-state index in [0.717, 1.165) is 47.8 Å². The van der Waals surface area contributed by atoms with Crippen LogP contribution >= 0.6 is 0 Å². The summed E-state index contributed by atoms with van der Waals surface area (Å²) in [5, 5.41) is 13.0. The minimum Gasteiger partial charge on any atom is -0.493 e. The van der Waals surface area contributed by atoms with Gasteiger partial charge in [0.1, 0.15) is 5.75 Å². The van der Waals surface area contributed by atoms with Crippen LogP contribution in [0.4, 0.5) is 13.2 Å². The summed E-state index contributed by atoms with van der Waals surface area (Å²) in [5.74, 6) is -0.919. The molecule has 0 saturated carbocycles. The SMILES string of the molecule is COc1ccc2c(-c3ccc(OC(=O)C(F)(F)F)cc3)nc3n[nH]c(C)c3c2c1OCC1CCNCC1. The molecule has 1 fully saturated rings. The van der Waals surface area contributed by atoms with Gasteiger partial charge in [-0.25, -0.2) is 9.78 Å². The first-order chi connectivity index (χ1) is 17.8. The molecule has 0 spiro atoms.